The summed E-state index contributed by atoms with van der Waals surface area (Å²) in [5.74, 6) is 0. The number of hydrogen-bond acceptors (Lipinski definition) is 3. The first kappa shape index (κ1) is 34.7. The van der Waals surface area contributed by atoms with Gasteiger partial charge in [-0.05, 0) is 18.9 Å². The van der Waals surface area contributed by atoms with Crippen molar-refractivity contribution in [2.45, 2.75) is 180 Å². The Kier molecular flexibility index (Phi) is 31.5. The molecule has 0 saturated heterocycles. The van der Waals surface area contributed by atoms with Crippen molar-refractivity contribution in [2.24, 2.45) is 0 Å². The van der Waals surface area contributed by atoms with E-state index in [2.05, 4.69) is 11.4 Å². The molecule has 0 heterocycles. The molecular formula is C31H63O3P. The van der Waals surface area contributed by atoms with Crippen LogP contribution in [0.5, 0.6) is 0 Å². The highest BCUT2D eigenvalue weighted by molar-refractivity contribution is 7.33. The van der Waals surface area contributed by atoms with Gasteiger partial charge in [0, 0.05) is 7.11 Å². The number of unbranched alkanes of at least 4 members (excludes halogenated alkanes) is 26. The fraction of sp³-hybridized carbons (Fsp3) is 0.935. The summed E-state index contributed by atoms with van der Waals surface area (Å²) in [5.41, 5.74) is 0. The van der Waals surface area contributed by atoms with Gasteiger partial charge in [-0.1, -0.05) is 167 Å². The van der Waals surface area contributed by atoms with Crippen LogP contribution < -0.4 is 0 Å². The third-order valence-corrected chi connectivity index (χ3v) is 7.81. The maximum Gasteiger partial charge on any atom is 0.366 e. The molecule has 0 radical (unpaired) electrons. The monoisotopic (exact) mass is 514 g/mol. The van der Waals surface area contributed by atoms with Gasteiger partial charge in [0.15, 0.2) is 0 Å². The van der Waals surface area contributed by atoms with Crippen LogP contribution in [0.25, 0.3) is 0 Å². The van der Waals surface area contributed by atoms with Crippen molar-refractivity contribution in [1.82, 2.24) is 0 Å². The van der Waals surface area contributed by atoms with E-state index in [1.807, 2.05) is 6.08 Å². The summed E-state index contributed by atoms with van der Waals surface area (Å²) < 4.78 is 20.4. The molecule has 0 aliphatic heterocycles. The van der Waals surface area contributed by atoms with Gasteiger partial charge in [-0.15, -0.1) is 0 Å². The quantitative estimate of drug-likeness (QED) is 0.0543. The smallest absolute Gasteiger partial charge is 0.366 e. The van der Waals surface area contributed by atoms with Gasteiger partial charge >= 0.3 is 8.25 Å². The molecule has 0 saturated carbocycles. The lowest BCUT2D eigenvalue weighted by molar-refractivity contribution is 0.326. The highest BCUT2D eigenvalue weighted by Gasteiger charge is 1.96. The maximum absolute atomic E-state index is 11.0. The molecule has 1 unspecified atom stereocenters. The summed E-state index contributed by atoms with van der Waals surface area (Å²) in [4.78, 5) is 0. The minimum absolute atomic E-state index is 0.998. The molecule has 0 amide bonds. The second-order valence-corrected chi connectivity index (χ2v) is 11.7. The summed E-state index contributed by atoms with van der Waals surface area (Å²) in [5, 5.41) is 0. The maximum atomic E-state index is 11.0. The Hall–Kier alpha value is -0.270. The van der Waals surface area contributed by atoms with Crippen LogP contribution in [0, 0.1) is 0 Å². The van der Waals surface area contributed by atoms with E-state index in [0.717, 1.165) is 6.42 Å². The summed E-state index contributed by atoms with van der Waals surface area (Å²) in [6.07, 6.45) is 41.6. The van der Waals surface area contributed by atoms with Crippen molar-refractivity contribution >= 4 is 8.25 Å². The van der Waals surface area contributed by atoms with Gasteiger partial charge in [-0.2, -0.15) is 0 Å². The van der Waals surface area contributed by atoms with Crippen LogP contribution in [-0.2, 0) is 13.6 Å². The molecule has 1 atom stereocenters. The first-order valence-electron chi connectivity index (χ1n) is 15.7. The van der Waals surface area contributed by atoms with Gasteiger partial charge in [0.1, 0.15) is 0 Å². The third kappa shape index (κ3) is 31.7. The molecule has 35 heavy (non-hydrogen) atoms. The SMILES string of the molecule is CCCCCCCCCCCCCCCCCCCCCCCCCCCC/C=C/O[PH](=O)OC. The molecule has 0 fully saturated rings. The number of allylic oxidation sites excluding steroid dienone is 1. The largest absolute Gasteiger partial charge is 0.435 e. The summed E-state index contributed by atoms with van der Waals surface area (Å²) in [6.45, 7) is 2.30. The zero-order valence-corrected chi connectivity index (χ0v) is 25.0. The van der Waals surface area contributed by atoms with Crippen LogP contribution >= 0.6 is 8.25 Å². The Morgan fingerprint density at radius 1 is 0.486 bits per heavy atom. The Morgan fingerprint density at radius 3 is 1.06 bits per heavy atom. The van der Waals surface area contributed by atoms with Crippen molar-refractivity contribution in [3.63, 3.8) is 0 Å². The van der Waals surface area contributed by atoms with Crippen LogP contribution in [-0.4, -0.2) is 7.11 Å². The molecule has 0 aromatic carbocycles. The molecule has 0 aromatic rings. The van der Waals surface area contributed by atoms with Crippen LogP contribution in [0.2, 0.25) is 0 Å². The molecule has 0 aliphatic carbocycles. The van der Waals surface area contributed by atoms with Crippen molar-refractivity contribution in [1.29, 1.82) is 0 Å². The fourth-order valence-electron chi connectivity index (χ4n) is 4.80. The normalized spacial score (nSPS) is 12.5. The second kappa shape index (κ2) is 31.8. The molecule has 210 valence electrons. The van der Waals surface area contributed by atoms with E-state index in [1.165, 1.54) is 180 Å². The highest BCUT2D eigenvalue weighted by Crippen LogP contribution is 2.22. The average Bonchev–Trinajstić information content (AvgIpc) is 2.87. The van der Waals surface area contributed by atoms with E-state index in [0.29, 0.717) is 0 Å². The van der Waals surface area contributed by atoms with Crippen LogP contribution in [0.3, 0.4) is 0 Å². The van der Waals surface area contributed by atoms with Crippen molar-refractivity contribution in [3.05, 3.63) is 12.3 Å². The predicted molar refractivity (Wildman–Crippen MR) is 157 cm³/mol. The van der Waals surface area contributed by atoms with E-state index in [-0.39, 0.29) is 0 Å². The Morgan fingerprint density at radius 2 is 0.771 bits per heavy atom. The number of hydrogen-bond donors (Lipinski definition) is 0. The van der Waals surface area contributed by atoms with Gasteiger partial charge in [-0.3, -0.25) is 0 Å². The highest BCUT2D eigenvalue weighted by atomic mass is 31.1. The van der Waals surface area contributed by atoms with Crippen molar-refractivity contribution < 1.29 is 13.6 Å². The van der Waals surface area contributed by atoms with E-state index in [1.54, 1.807) is 0 Å². The molecule has 0 spiro atoms. The molecule has 3 nitrogen and oxygen atoms in total. The topological polar surface area (TPSA) is 35.5 Å². The molecule has 0 aliphatic rings. The predicted octanol–water partition coefficient (Wildman–Crippen LogP) is 12.1. The lowest BCUT2D eigenvalue weighted by Crippen LogP contribution is -1.84. The molecule has 4 heteroatoms. The van der Waals surface area contributed by atoms with Crippen molar-refractivity contribution in [3.8, 4) is 0 Å². The van der Waals surface area contributed by atoms with E-state index in [4.69, 9.17) is 4.52 Å². The van der Waals surface area contributed by atoms with Gasteiger partial charge < -0.3 is 9.05 Å². The Labute approximate surface area is 221 Å². The first-order chi connectivity index (χ1) is 17.3. The van der Waals surface area contributed by atoms with Crippen molar-refractivity contribution in [2.75, 3.05) is 7.11 Å². The number of rotatable bonds is 30. The molecule has 0 N–H and O–H groups in total. The Balaban J connectivity index is 3.06. The molecule has 0 bridgehead atoms. The van der Waals surface area contributed by atoms with Crippen LogP contribution in [0.15, 0.2) is 12.3 Å². The van der Waals surface area contributed by atoms with E-state index >= 15 is 0 Å². The summed E-state index contributed by atoms with van der Waals surface area (Å²) in [6, 6.07) is 0. The van der Waals surface area contributed by atoms with E-state index in [9.17, 15) is 4.57 Å². The van der Waals surface area contributed by atoms with Gasteiger partial charge in [0.25, 0.3) is 0 Å². The van der Waals surface area contributed by atoms with Gasteiger partial charge in [0.2, 0.25) is 0 Å². The lowest BCUT2D eigenvalue weighted by atomic mass is 10.0. The van der Waals surface area contributed by atoms with E-state index < -0.39 is 8.25 Å². The lowest BCUT2D eigenvalue weighted by Gasteiger charge is -2.04. The fourth-order valence-corrected chi connectivity index (χ4v) is 5.10. The summed E-state index contributed by atoms with van der Waals surface area (Å²) in [7, 11) is -0.895. The van der Waals surface area contributed by atoms with Gasteiger partial charge in [-0.25, -0.2) is 4.57 Å². The van der Waals surface area contributed by atoms with Crippen LogP contribution in [0.4, 0.5) is 0 Å². The third-order valence-electron chi connectivity index (χ3n) is 7.15. The Bertz CT molecular complexity index is 439. The summed E-state index contributed by atoms with van der Waals surface area (Å²) >= 11 is 0. The zero-order chi connectivity index (χ0) is 25.5. The zero-order valence-electron chi connectivity index (χ0n) is 24.0. The first-order valence-corrected chi connectivity index (χ1v) is 16.9. The molecule has 0 rings (SSSR count). The molecule has 0 aromatic heterocycles. The minimum atomic E-state index is -2.30. The average molecular weight is 515 g/mol. The standard InChI is InChI=1S/C31H63O3P/c1-3-4-5-6-7-8-9-10-11-12-13-14-15-16-17-18-19-20-21-22-23-24-25-26-27-28-29-30-31-34-35(32)33-2/h30-31,35H,3-29H2,1-2H3/b31-30+. The second-order valence-electron chi connectivity index (χ2n) is 10.6. The van der Waals surface area contributed by atoms with Crippen LogP contribution in [0.1, 0.15) is 180 Å². The van der Waals surface area contributed by atoms with Gasteiger partial charge in [0.05, 0.1) is 6.26 Å². The molecular weight excluding hydrogens is 451 g/mol. The minimum Gasteiger partial charge on any atom is -0.435 e.